The molecule has 1 aromatic carbocycles. The second-order valence-electron chi connectivity index (χ2n) is 8.97. The lowest BCUT2D eigenvalue weighted by Crippen LogP contribution is -2.29. The Kier molecular flexibility index (Phi) is 5.61. The number of hydrogen-bond acceptors (Lipinski definition) is 6. The summed E-state index contributed by atoms with van der Waals surface area (Å²) in [6, 6.07) is 7.32. The van der Waals surface area contributed by atoms with Crippen molar-refractivity contribution in [3.8, 4) is 22.6 Å². The van der Waals surface area contributed by atoms with Crippen LogP contribution in [-0.2, 0) is 6.54 Å². The average Bonchev–Trinajstić information content (AvgIpc) is 3.51. The van der Waals surface area contributed by atoms with Gasteiger partial charge >= 0.3 is 0 Å². The molecule has 178 valence electrons. The van der Waals surface area contributed by atoms with E-state index in [-0.39, 0.29) is 5.82 Å². The molecule has 8 nitrogen and oxygen atoms in total. The highest BCUT2D eigenvalue weighted by molar-refractivity contribution is 5.97. The molecule has 0 atom stereocenters. The first kappa shape index (κ1) is 21.7. The minimum atomic E-state index is -0.325. The van der Waals surface area contributed by atoms with E-state index in [4.69, 9.17) is 4.98 Å². The van der Waals surface area contributed by atoms with Crippen LogP contribution in [0, 0.1) is 5.82 Å². The second-order valence-corrected chi connectivity index (χ2v) is 8.97. The van der Waals surface area contributed by atoms with E-state index < -0.39 is 0 Å². The average molecular weight is 471 g/mol. The molecular weight excluding hydrogens is 443 g/mol. The van der Waals surface area contributed by atoms with Crippen molar-refractivity contribution in [2.24, 2.45) is 0 Å². The lowest BCUT2D eigenvalue weighted by molar-refractivity contribution is 0.578. The van der Waals surface area contributed by atoms with Crippen molar-refractivity contribution in [2.45, 2.75) is 32.7 Å². The molecular formula is C26H27FN8. The Morgan fingerprint density at radius 2 is 2.00 bits per heavy atom. The second kappa shape index (κ2) is 9.07. The lowest BCUT2D eigenvalue weighted by Gasteiger charge is -2.28. The number of aromatic amines is 2. The molecule has 0 unspecified atom stereocenters. The van der Waals surface area contributed by atoms with Gasteiger partial charge in [0.25, 0.3) is 0 Å². The summed E-state index contributed by atoms with van der Waals surface area (Å²) in [4.78, 5) is 19.4. The molecule has 3 N–H and O–H groups in total. The van der Waals surface area contributed by atoms with Crippen LogP contribution in [0.2, 0.25) is 0 Å². The van der Waals surface area contributed by atoms with Crippen molar-refractivity contribution in [1.29, 1.82) is 0 Å². The van der Waals surface area contributed by atoms with Gasteiger partial charge < -0.3 is 15.2 Å². The molecule has 1 aliphatic rings. The van der Waals surface area contributed by atoms with E-state index in [9.17, 15) is 0 Å². The number of benzene rings is 1. The van der Waals surface area contributed by atoms with E-state index >= 15 is 4.39 Å². The standard InChI is InChI=1S/C26H27FN8/c1-2-28-13-16-10-17(15-29-14-16)18-11-19-21(12-20(18)27)33-34-23(19)26-31-24-22(6-7-30-25(24)32-26)35-8-4-3-5-9-35/h6-7,10-12,14-15,28H,2-5,8-9,13H2,1H3,(H,33,34)(H,30,31,32). The van der Waals surface area contributed by atoms with Crippen LogP contribution in [0.15, 0.2) is 42.9 Å². The van der Waals surface area contributed by atoms with E-state index in [1.54, 1.807) is 18.6 Å². The quantitative estimate of drug-likeness (QED) is 0.330. The van der Waals surface area contributed by atoms with Crippen molar-refractivity contribution >= 4 is 27.8 Å². The van der Waals surface area contributed by atoms with Crippen LogP contribution in [0.4, 0.5) is 10.1 Å². The van der Waals surface area contributed by atoms with Gasteiger partial charge in [0.1, 0.15) is 17.0 Å². The molecule has 6 rings (SSSR count). The molecule has 1 aliphatic heterocycles. The zero-order chi connectivity index (χ0) is 23.8. The molecule has 0 radical (unpaired) electrons. The van der Waals surface area contributed by atoms with Gasteiger partial charge in [-0.3, -0.25) is 10.1 Å². The number of piperidine rings is 1. The predicted octanol–water partition coefficient (Wildman–Crippen LogP) is 4.80. The Morgan fingerprint density at radius 3 is 2.86 bits per heavy atom. The number of hydrogen-bond donors (Lipinski definition) is 3. The zero-order valence-corrected chi connectivity index (χ0v) is 19.6. The summed E-state index contributed by atoms with van der Waals surface area (Å²) in [7, 11) is 0. The van der Waals surface area contributed by atoms with Crippen LogP contribution in [-0.4, -0.2) is 49.8 Å². The molecule has 1 saturated heterocycles. The lowest BCUT2D eigenvalue weighted by atomic mass is 10.0. The van der Waals surface area contributed by atoms with Crippen LogP contribution in [0.1, 0.15) is 31.7 Å². The van der Waals surface area contributed by atoms with E-state index in [0.717, 1.165) is 47.4 Å². The molecule has 5 heterocycles. The molecule has 5 aromatic rings. The first-order valence-corrected chi connectivity index (χ1v) is 12.1. The number of imidazole rings is 1. The van der Waals surface area contributed by atoms with Crippen LogP contribution in [0.25, 0.3) is 44.7 Å². The fourth-order valence-electron chi connectivity index (χ4n) is 4.85. The first-order chi connectivity index (χ1) is 17.2. The predicted molar refractivity (Wildman–Crippen MR) is 136 cm³/mol. The van der Waals surface area contributed by atoms with Gasteiger partial charge in [0.05, 0.1) is 11.2 Å². The molecule has 9 heteroatoms. The minimum absolute atomic E-state index is 0.325. The fourth-order valence-corrected chi connectivity index (χ4v) is 4.85. The third kappa shape index (κ3) is 4.01. The maximum absolute atomic E-state index is 15.1. The number of fused-ring (bicyclic) bond motifs is 2. The number of nitrogens with zero attached hydrogens (tertiary/aromatic N) is 5. The zero-order valence-electron chi connectivity index (χ0n) is 19.6. The Morgan fingerprint density at radius 1 is 1.11 bits per heavy atom. The maximum atomic E-state index is 15.1. The van der Waals surface area contributed by atoms with E-state index in [0.29, 0.717) is 34.8 Å². The van der Waals surface area contributed by atoms with Gasteiger partial charge in [0, 0.05) is 60.8 Å². The SMILES string of the molecule is CCNCc1cncc(-c2cc3c(-c4nc5nccc(N6CCCCC6)c5[nH]4)n[nH]c3cc2F)c1. The number of anilines is 1. The van der Waals surface area contributed by atoms with Crippen LogP contribution < -0.4 is 10.2 Å². The van der Waals surface area contributed by atoms with Crippen molar-refractivity contribution in [1.82, 2.24) is 35.5 Å². The summed E-state index contributed by atoms with van der Waals surface area (Å²) in [5, 5.41) is 11.5. The van der Waals surface area contributed by atoms with Crippen LogP contribution >= 0.6 is 0 Å². The van der Waals surface area contributed by atoms with Crippen LogP contribution in [0.5, 0.6) is 0 Å². The molecule has 35 heavy (non-hydrogen) atoms. The smallest absolute Gasteiger partial charge is 0.180 e. The van der Waals surface area contributed by atoms with Gasteiger partial charge in [-0.05, 0) is 49.6 Å². The van der Waals surface area contributed by atoms with Crippen molar-refractivity contribution in [3.05, 3.63) is 54.2 Å². The van der Waals surface area contributed by atoms with Crippen molar-refractivity contribution in [2.75, 3.05) is 24.5 Å². The highest BCUT2D eigenvalue weighted by Crippen LogP contribution is 2.34. The Balaban J connectivity index is 1.43. The van der Waals surface area contributed by atoms with Gasteiger partial charge in [-0.25, -0.2) is 14.4 Å². The highest BCUT2D eigenvalue weighted by atomic mass is 19.1. The molecule has 0 spiro atoms. The molecule has 0 bridgehead atoms. The van der Waals surface area contributed by atoms with E-state index in [1.807, 2.05) is 25.1 Å². The first-order valence-electron chi connectivity index (χ1n) is 12.1. The monoisotopic (exact) mass is 470 g/mol. The summed E-state index contributed by atoms with van der Waals surface area (Å²) in [5.74, 6) is 0.286. The summed E-state index contributed by atoms with van der Waals surface area (Å²) in [6.07, 6.45) is 8.94. The molecule has 0 saturated carbocycles. The highest BCUT2D eigenvalue weighted by Gasteiger charge is 2.20. The number of rotatable bonds is 6. The fraction of sp³-hybridized carbons (Fsp3) is 0.308. The van der Waals surface area contributed by atoms with Crippen molar-refractivity contribution in [3.63, 3.8) is 0 Å². The van der Waals surface area contributed by atoms with Crippen molar-refractivity contribution < 1.29 is 4.39 Å². The van der Waals surface area contributed by atoms with Gasteiger partial charge in [0.15, 0.2) is 11.5 Å². The summed E-state index contributed by atoms with van der Waals surface area (Å²) in [5.41, 5.74) is 6.14. The molecule has 4 aromatic heterocycles. The number of nitrogens with one attached hydrogen (secondary N) is 3. The van der Waals surface area contributed by atoms with E-state index in [2.05, 4.69) is 35.4 Å². The number of aromatic nitrogens is 6. The summed E-state index contributed by atoms with van der Waals surface area (Å²) in [6.45, 7) is 5.65. The number of halogens is 1. The Bertz CT molecular complexity index is 1500. The molecule has 0 aliphatic carbocycles. The van der Waals surface area contributed by atoms with Gasteiger partial charge in [-0.2, -0.15) is 5.10 Å². The van der Waals surface area contributed by atoms with Gasteiger partial charge in [-0.1, -0.05) is 6.92 Å². The normalized spacial score (nSPS) is 14.3. The summed E-state index contributed by atoms with van der Waals surface area (Å²) < 4.78 is 15.1. The Hall–Kier alpha value is -3.85. The minimum Gasteiger partial charge on any atom is -0.370 e. The van der Waals surface area contributed by atoms with E-state index in [1.165, 1.54) is 25.3 Å². The topological polar surface area (TPSA) is 98.4 Å². The third-order valence-electron chi connectivity index (χ3n) is 6.63. The molecule has 0 amide bonds. The largest absolute Gasteiger partial charge is 0.370 e. The molecule has 1 fully saturated rings. The maximum Gasteiger partial charge on any atom is 0.180 e. The van der Waals surface area contributed by atoms with Gasteiger partial charge in [0.2, 0.25) is 0 Å². The number of H-pyrrole nitrogens is 2. The van der Waals surface area contributed by atoms with Gasteiger partial charge in [-0.15, -0.1) is 0 Å². The summed E-state index contributed by atoms with van der Waals surface area (Å²) >= 11 is 0. The third-order valence-corrected chi connectivity index (χ3v) is 6.63. The van der Waals surface area contributed by atoms with Crippen LogP contribution in [0.3, 0.4) is 0 Å². The number of pyridine rings is 2. The Labute approximate surface area is 202 Å².